The zero-order valence-electron chi connectivity index (χ0n) is 7.81. The lowest BCUT2D eigenvalue weighted by Gasteiger charge is -2.08. The molecule has 0 aromatic carbocycles. The first-order valence-corrected chi connectivity index (χ1v) is 4.01. The van der Waals surface area contributed by atoms with Gasteiger partial charge in [-0.05, 0) is 0 Å². The van der Waals surface area contributed by atoms with Crippen LogP contribution in [0.25, 0.3) is 0 Å². The predicted octanol–water partition coefficient (Wildman–Crippen LogP) is 0.0993. The highest BCUT2D eigenvalue weighted by Crippen LogP contribution is 2.40. The standard InChI is InChI=1S/C8H8N2O5/c1-13-6-4(9)3(8(11)12)5-7(10-6)15-2-14-5/h2,9H2,1H3,(H,11,12). The summed E-state index contributed by atoms with van der Waals surface area (Å²) < 4.78 is 14.8. The largest absolute Gasteiger partial charge is 0.479 e. The third-order valence-electron chi connectivity index (χ3n) is 1.93. The van der Waals surface area contributed by atoms with E-state index < -0.39 is 5.97 Å². The molecular formula is C8H8N2O5. The highest BCUT2D eigenvalue weighted by Gasteiger charge is 2.29. The van der Waals surface area contributed by atoms with Crippen molar-refractivity contribution in [1.82, 2.24) is 4.98 Å². The van der Waals surface area contributed by atoms with Crippen LogP contribution in [0.1, 0.15) is 10.4 Å². The van der Waals surface area contributed by atoms with E-state index in [2.05, 4.69) is 4.98 Å². The Morgan fingerprint density at radius 2 is 2.33 bits per heavy atom. The van der Waals surface area contributed by atoms with Gasteiger partial charge >= 0.3 is 5.97 Å². The van der Waals surface area contributed by atoms with E-state index in [-0.39, 0.29) is 35.6 Å². The van der Waals surface area contributed by atoms with E-state index in [4.69, 9.17) is 25.1 Å². The molecule has 1 aliphatic heterocycles. The second-order valence-electron chi connectivity index (χ2n) is 2.76. The molecule has 0 spiro atoms. The molecule has 7 heteroatoms. The maximum Gasteiger partial charge on any atom is 0.342 e. The number of hydrogen-bond donors (Lipinski definition) is 2. The number of methoxy groups -OCH3 is 1. The summed E-state index contributed by atoms with van der Waals surface area (Å²) >= 11 is 0. The van der Waals surface area contributed by atoms with Crippen LogP contribution in [0.2, 0.25) is 0 Å². The fourth-order valence-electron chi connectivity index (χ4n) is 1.28. The number of ether oxygens (including phenoxy) is 3. The molecule has 0 fully saturated rings. The number of carbonyl (C=O) groups is 1. The average Bonchev–Trinajstić information content (AvgIpc) is 2.63. The third-order valence-corrected chi connectivity index (χ3v) is 1.93. The lowest BCUT2D eigenvalue weighted by Crippen LogP contribution is -2.07. The Labute approximate surface area is 84.4 Å². The number of rotatable bonds is 2. The summed E-state index contributed by atoms with van der Waals surface area (Å²) in [6.07, 6.45) is 0. The summed E-state index contributed by atoms with van der Waals surface area (Å²) in [5.41, 5.74) is 5.30. The maximum atomic E-state index is 11.0. The minimum atomic E-state index is -1.21. The molecule has 15 heavy (non-hydrogen) atoms. The smallest absolute Gasteiger partial charge is 0.342 e. The zero-order chi connectivity index (χ0) is 11.0. The Bertz CT molecular complexity index is 431. The van der Waals surface area contributed by atoms with Crippen LogP contribution >= 0.6 is 0 Å². The molecule has 80 valence electrons. The van der Waals surface area contributed by atoms with Gasteiger partial charge in [0.15, 0.2) is 0 Å². The highest BCUT2D eigenvalue weighted by atomic mass is 16.7. The van der Waals surface area contributed by atoms with Crippen LogP contribution in [-0.4, -0.2) is 30.0 Å². The first kappa shape index (κ1) is 9.38. The maximum absolute atomic E-state index is 11.0. The molecule has 0 atom stereocenters. The summed E-state index contributed by atoms with van der Waals surface area (Å²) in [5.74, 6) is -1.08. The highest BCUT2D eigenvalue weighted by molar-refractivity contribution is 5.98. The number of aromatic nitrogens is 1. The van der Waals surface area contributed by atoms with Crippen molar-refractivity contribution >= 4 is 11.7 Å². The van der Waals surface area contributed by atoms with Crippen molar-refractivity contribution in [3.8, 4) is 17.5 Å². The number of nitrogens with two attached hydrogens (primary N) is 1. The summed E-state index contributed by atoms with van der Waals surface area (Å²) in [5, 5.41) is 8.95. The Hall–Kier alpha value is -2.18. The molecule has 0 saturated heterocycles. The van der Waals surface area contributed by atoms with E-state index in [1.54, 1.807) is 0 Å². The van der Waals surface area contributed by atoms with E-state index in [0.717, 1.165) is 0 Å². The van der Waals surface area contributed by atoms with Crippen molar-refractivity contribution in [3.05, 3.63) is 5.56 Å². The van der Waals surface area contributed by atoms with Gasteiger partial charge in [0, 0.05) is 0 Å². The second-order valence-corrected chi connectivity index (χ2v) is 2.76. The first-order chi connectivity index (χ1) is 7.15. The van der Waals surface area contributed by atoms with E-state index in [1.807, 2.05) is 0 Å². The number of carboxylic acids is 1. The van der Waals surface area contributed by atoms with Crippen LogP contribution in [-0.2, 0) is 0 Å². The van der Waals surface area contributed by atoms with Crippen molar-refractivity contribution in [3.63, 3.8) is 0 Å². The number of fused-ring (bicyclic) bond motifs is 1. The molecule has 1 aromatic heterocycles. The Balaban J connectivity index is 2.69. The Morgan fingerprint density at radius 3 is 2.93 bits per heavy atom. The van der Waals surface area contributed by atoms with Gasteiger partial charge < -0.3 is 25.1 Å². The van der Waals surface area contributed by atoms with E-state index >= 15 is 0 Å². The minimum Gasteiger partial charge on any atom is -0.479 e. The van der Waals surface area contributed by atoms with Gasteiger partial charge in [-0.25, -0.2) is 4.79 Å². The number of pyridine rings is 1. The first-order valence-electron chi connectivity index (χ1n) is 4.01. The van der Waals surface area contributed by atoms with Crippen molar-refractivity contribution in [2.45, 2.75) is 0 Å². The molecule has 7 nitrogen and oxygen atoms in total. The van der Waals surface area contributed by atoms with Gasteiger partial charge in [-0.15, -0.1) is 0 Å². The van der Waals surface area contributed by atoms with Gasteiger partial charge in [0.2, 0.25) is 18.4 Å². The molecule has 0 amide bonds. The molecule has 0 bridgehead atoms. The van der Waals surface area contributed by atoms with Gasteiger partial charge in [-0.1, -0.05) is 0 Å². The molecule has 0 radical (unpaired) electrons. The molecule has 0 saturated carbocycles. The minimum absolute atomic E-state index is 0.0108. The second kappa shape index (κ2) is 3.19. The van der Waals surface area contributed by atoms with Crippen LogP contribution in [0.3, 0.4) is 0 Å². The van der Waals surface area contributed by atoms with Crippen LogP contribution in [0.5, 0.6) is 17.5 Å². The molecule has 1 aromatic rings. The summed E-state index contributed by atoms with van der Waals surface area (Å²) in [6.45, 7) is -0.0742. The zero-order valence-corrected chi connectivity index (χ0v) is 7.81. The molecule has 0 aliphatic carbocycles. The quantitative estimate of drug-likeness (QED) is 0.716. The van der Waals surface area contributed by atoms with Crippen LogP contribution in [0, 0.1) is 0 Å². The van der Waals surface area contributed by atoms with E-state index in [1.165, 1.54) is 7.11 Å². The van der Waals surface area contributed by atoms with Gasteiger partial charge in [-0.2, -0.15) is 4.98 Å². The molecule has 2 rings (SSSR count). The summed E-state index contributed by atoms with van der Waals surface area (Å²) in [6, 6.07) is 0. The lowest BCUT2D eigenvalue weighted by atomic mass is 10.2. The number of carboxylic acid groups (broad SMARTS) is 1. The number of nitrogen functional groups attached to an aromatic ring is 1. The van der Waals surface area contributed by atoms with Crippen LogP contribution in [0.15, 0.2) is 0 Å². The van der Waals surface area contributed by atoms with Crippen molar-refractivity contribution < 1.29 is 24.1 Å². The molecule has 0 unspecified atom stereocenters. The van der Waals surface area contributed by atoms with E-state index in [0.29, 0.717) is 0 Å². The topological polar surface area (TPSA) is 104 Å². The van der Waals surface area contributed by atoms with E-state index in [9.17, 15) is 4.79 Å². The van der Waals surface area contributed by atoms with Gasteiger partial charge in [-0.3, -0.25) is 0 Å². The Morgan fingerprint density at radius 1 is 1.60 bits per heavy atom. The normalized spacial score (nSPS) is 12.6. The molecular weight excluding hydrogens is 204 g/mol. The Kier molecular flexibility index (Phi) is 2.00. The number of hydrogen-bond acceptors (Lipinski definition) is 6. The lowest BCUT2D eigenvalue weighted by molar-refractivity contribution is 0.0693. The number of nitrogens with zero attached hydrogens (tertiary/aromatic N) is 1. The number of aromatic carboxylic acids is 1. The predicted molar refractivity (Wildman–Crippen MR) is 48.3 cm³/mol. The molecule has 2 heterocycles. The van der Waals surface area contributed by atoms with Gasteiger partial charge in [0.05, 0.1) is 7.11 Å². The monoisotopic (exact) mass is 212 g/mol. The molecule has 3 N–H and O–H groups in total. The summed E-state index contributed by atoms with van der Waals surface area (Å²) in [4.78, 5) is 14.8. The van der Waals surface area contributed by atoms with Crippen LogP contribution in [0.4, 0.5) is 5.69 Å². The van der Waals surface area contributed by atoms with Gasteiger partial charge in [0.1, 0.15) is 11.3 Å². The summed E-state index contributed by atoms with van der Waals surface area (Å²) in [7, 11) is 1.34. The third kappa shape index (κ3) is 1.28. The van der Waals surface area contributed by atoms with Gasteiger partial charge in [0.25, 0.3) is 5.88 Å². The average molecular weight is 212 g/mol. The SMILES string of the molecule is COc1nc2c(c(C(=O)O)c1N)OCO2. The number of anilines is 1. The fraction of sp³-hybridized carbons (Fsp3) is 0.250. The molecule has 1 aliphatic rings. The van der Waals surface area contributed by atoms with Crippen molar-refractivity contribution in [2.75, 3.05) is 19.6 Å². The van der Waals surface area contributed by atoms with Crippen molar-refractivity contribution in [1.29, 1.82) is 0 Å². The van der Waals surface area contributed by atoms with Crippen molar-refractivity contribution in [2.24, 2.45) is 0 Å². The fourth-order valence-corrected chi connectivity index (χ4v) is 1.28. The van der Waals surface area contributed by atoms with Crippen LogP contribution < -0.4 is 19.9 Å².